The van der Waals surface area contributed by atoms with Crippen molar-refractivity contribution in [2.24, 2.45) is 0 Å². The zero-order chi connectivity index (χ0) is 15.9. The van der Waals surface area contributed by atoms with Crippen LogP contribution in [0.2, 0.25) is 5.02 Å². The van der Waals surface area contributed by atoms with Crippen molar-refractivity contribution in [3.8, 4) is 11.5 Å². The molecule has 0 bridgehead atoms. The van der Waals surface area contributed by atoms with E-state index >= 15 is 0 Å². The zero-order valence-electron chi connectivity index (χ0n) is 12.6. The molecule has 1 N–H and O–H groups in total. The van der Waals surface area contributed by atoms with Crippen LogP contribution in [0.25, 0.3) is 5.57 Å². The summed E-state index contributed by atoms with van der Waals surface area (Å²) in [6, 6.07) is 15.1. The molecule has 0 aromatic heterocycles. The minimum absolute atomic E-state index is 0.0317. The number of benzene rings is 2. The maximum Gasteiger partial charge on any atom is 0.217 e. The fourth-order valence-electron chi connectivity index (χ4n) is 1.89. The molecule has 2 rings (SSSR count). The van der Waals surface area contributed by atoms with E-state index in [0.29, 0.717) is 11.6 Å². The van der Waals surface area contributed by atoms with Crippen LogP contribution >= 0.6 is 11.6 Å². The standard InChI is InChI=1S/C18H18ClNO2/c1-13(11-12-20-14(2)21)15-3-7-17(8-4-15)22-18-9-5-16(19)6-10-18/h3-11H,12H2,1-2H3,(H,20,21). The van der Waals surface area contributed by atoms with E-state index in [1.165, 1.54) is 6.92 Å². The Bertz CT molecular complexity index is 660. The van der Waals surface area contributed by atoms with Gasteiger partial charge >= 0.3 is 0 Å². The van der Waals surface area contributed by atoms with Crippen molar-refractivity contribution in [2.75, 3.05) is 6.54 Å². The average molecular weight is 316 g/mol. The Morgan fingerprint density at radius 3 is 2.14 bits per heavy atom. The molecule has 0 fully saturated rings. The summed E-state index contributed by atoms with van der Waals surface area (Å²) < 4.78 is 5.75. The molecule has 0 aliphatic carbocycles. The van der Waals surface area contributed by atoms with Crippen molar-refractivity contribution in [3.05, 3.63) is 65.2 Å². The molecule has 0 heterocycles. The van der Waals surface area contributed by atoms with Crippen molar-refractivity contribution in [1.29, 1.82) is 0 Å². The largest absolute Gasteiger partial charge is 0.457 e. The van der Waals surface area contributed by atoms with Gasteiger partial charge in [-0.05, 0) is 54.5 Å². The highest BCUT2D eigenvalue weighted by Crippen LogP contribution is 2.24. The Hall–Kier alpha value is -2.26. The number of rotatable bonds is 5. The second-order valence-electron chi connectivity index (χ2n) is 4.90. The Morgan fingerprint density at radius 1 is 1.05 bits per heavy atom. The van der Waals surface area contributed by atoms with E-state index in [4.69, 9.17) is 16.3 Å². The van der Waals surface area contributed by atoms with E-state index in [2.05, 4.69) is 5.32 Å². The second-order valence-corrected chi connectivity index (χ2v) is 5.34. The highest BCUT2D eigenvalue weighted by molar-refractivity contribution is 6.30. The van der Waals surface area contributed by atoms with Gasteiger partial charge < -0.3 is 10.1 Å². The lowest BCUT2D eigenvalue weighted by Crippen LogP contribution is -2.19. The molecule has 3 nitrogen and oxygen atoms in total. The number of carbonyl (C=O) groups is 1. The lowest BCUT2D eigenvalue weighted by Gasteiger charge is -2.07. The van der Waals surface area contributed by atoms with Crippen LogP contribution in [-0.4, -0.2) is 12.5 Å². The third-order valence-electron chi connectivity index (χ3n) is 3.12. The minimum atomic E-state index is -0.0317. The van der Waals surface area contributed by atoms with Crippen molar-refractivity contribution >= 4 is 23.1 Å². The van der Waals surface area contributed by atoms with E-state index in [1.54, 1.807) is 12.1 Å². The summed E-state index contributed by atoms with van der Waals surface area (Å²) in [5, 5.41) is 3.43. The molecule has 4 heteroatoms. The molecule has 22 heavy (non-hydrogen) atoms. The Kier molecular flexibility index (Phi) is 5.61. The number of nitrogens with one attached hydrogen (secondary N) is 1. The van der Waals surface area contributed by atoms with Crippen molar-refractivity contribution in [2.45, 2.75) is 13.8 Å². The third-order valence-corrected chi connectivity index (χ3v) is 3.37. The molecule has 0 spiro atoms. The maximum absolute atomic E-state index is 10.8. The maximum atomic E-state index is 10.8. The summed E-state index contributed by atoms with van der Waals surface area (Å²) in [6.45, 7) is 4.05. The normalized spacial score (nSPS) is 11.1. The Morgan fingerprint density at radius 2 is 1.59 bits per heavy atom. The van der Waals surface area contributed by atoms with Crippen molar-refractivity contribution in [3.63, 3.8) is 0 Å². The van der Waals surface area contributed by atoms with Gasteiger partial charge in [0.2, 0.25) is 5.91 Å². The second kappa shape index (κ2) is 7.66. The van der Waals surface area contributed by atoms with Gasteiger partial charge in [0.15, 0.2) is 0 Å². The summed E-state index contributed by atoms with van der Waals surface area (Å²) >= 11 is 5.84. The fraction of sp³-hybridized carbons (Fsp3) is 0.167. The van der Waals surface area contributed by atoms with E-state index in [9.17, 15) is 4.79 Å². The van der Waals surface area contributed by atoms with Crippen LogP contribution in [0.5, 0.6) is 11.5 Å². The average Bonchev–Trinajstić information content (AvgIpc) is 2.50. The molecule has 114 valence electrons. The number of amides is 1. The molecule has 0 saturated carbocycles. The lowest BCUT2D eigenvalue weighted by molar-refractivity contribution is -0.118. The van der Waals surface area contributed by atoms with Crippen LogP contribution in [-0.2, 0) is 4.79 Å². The van der Waals surface area contributed by atoms with Crippen LogP contribution < -0.4 is 10.1 Å². The van der Waals surface area contributed by atoms with Gasteiger partial charge in [-0.15, -0.1) is 0 Å². The number of ether oxygens (including phenoxy) is 1. The molecule has 0 radical (unpaired) electrons. The van der Waals surface area contributed by atoms with Crippen LogP contribution in [0.4, 0.5) is 0 Å². The first-order valence-electron chi connectivity index (χ1n) is 6.99. The minimum Gasteiger partial charge on any atom is -0.457 e. The number of carbonyl (C=O) groups excluding carboxylic acids is 1. The smallest absolute Gasteiger partial charge is 0.217 e. The quantitative estimate of drug-likeness (QED) is 0.870. The summed E-state index contributed by atoms with van der Waals surface area (Å²) in [5.74, 6) is 1.48. The number of halogens is 1. The molecule has 2 aromatic carbocycles. The lowest BCUT2D eigenvalue weighted by atomic mass is 10.1. The molecule has 0 aliphatic rings. The molecule has 1 amide bonds. The zero-order valence-corrected chi connectivity index (χ0v) is 13.4. The summed E-state index contributed by atoms with van der Waals surface area (Å²) in [4.78, 5) is 10.8. The first-order chi connectivity index (χ1) is 10.5. The Labute approximate surface area is 135 Å². The van der Waals surface area contributed by atoms with Crippen molar-refractivity contribution < 1.29 is 9.53 Å². The summed E-state index contributed by atoms with van der Waals surface area (Å²) in [6.07, 6.45) is 1.98. The van der Waals surface area contributed by atoms with E-state index in [0.717, 1.165) is 22.6 Å². The van der Waals surface area contributed by atoms with Crippen LogP contribution in [0.15, 0.2) is 54.6 Å². The number of hydrogen-bond acceptors (Lipinski definition) is 2. The molecular weight excluding hydrogens is 298 g/mol. The van der Waals surface area contributed by atoms with Crippen molar-refractivity contribution in [1.82, 2.24) is 5.32 Å². The van der Waals surface area contributed by atoms with Gasteiger partial charge in [-0.1, -0.05) is 29.8 Å². The molecule has 0 atom stereocenters. The fourth-order valence-corrected chi connectivity index (χ4v) is 2.02. The molecule has 0 aliphatic heterocycles. The predicted octanol–water partition coefficient (Wildman–Crippen LogP) is 4.67. The van der Waals surface area contributed by atoms with E-state index in [-0.39, 0.29) is 5.91 Å². The SMILES string of the molecule is CC(=O)NCC=C(C)c1ccc(Oc2ccc(Cl)cc2)cc1. The van der Waals surface area contributed by atoms with Gasteiger partial charge in [0, 0.05) is 18.5 Å². The summed E-state index contributed by atoms with van der Waals surface area (Å²) in [5.41, 5.74) is 2.20. The molecular formula is C18H18ClNO2. The molecule has 2 aromatic rings. The Balaban J connectivity index is 2.00. The van der Waals surface area contributed by atoms with Crippen LogP contribution in [0.3, 0.4) is 0 Å². The predicted molar refractivity (Wildman–Crippen MR) is 90.3 cm³/mol. The van der Waals surface area contributed by atoms with E-state index in [1.807, 2.05) is 49.4 Å². The van der Waals surface area contributed by atoms with Gasteiger partial charge in [0.05, 0.1) is 0 Å². The number of allylic oxidation sites excluding steroid dienone is 1. The monoisotopic (exact) mass is 315 g/mol. The first kappa shape index (κ1) is 16.1. The summed E-state index contributed by atoms with van der Waals surface area (Å²) in [7, 11) is 0. The van der Waals surface area contributed by atoms with Gasteiger partial charge in [-0.3, -0.25) is 4.79 Å². The van der Waals surface area contributed by atoms with Gasteiger partial charge in [-0.2, -0.15) is 0 Å². The van der Waals surface area contributed by atoms with E-state index < -0.39 is 0 Å². The highest BCUT2D eigenvalue weighted by Gasteiger charge is 2.00. The van der Waals surface area contributed by atoms with Gasteiger partial charge in [0.1, 0.15) is 11.5 Å². The molecule has 0 unspecified atom stereocenters. The van der Waals surface area contributed by atoms with Gasteiger partial charge in [0.25, 0.3) is 0 Å². The van der Waals surface area contributed by atoms with Crippen LogP contribution in [0.1, 0.15) is 19.4 Å². The first-order valence-corrected chi connectivity index (χ1v) is 7.37. The van der Waals surface area contributed by atoms with Gasteiger partial charge in [-0.25, -0.2) is 0 Å². The van der Waals surface area contributed by atoms with Crippen LogP contribution in [0, 0.1) is 0 Å². The topological polar surface area (TPSA) is 38.3 Å². The highest BCUT2D eigenvalue weighted by atomic mass is 35.5. The third kappa shape index (κ3) is 4.93. The molecule has 0 saturated heterocycles. The number of hydrogen-bond donors (Lipinski definition) is 1.